The zero-order chi connectivity index (χ0) is 18.0. The second kappa shape index (κ2) is 6.63. The van der Waals surface area contributed by atoms with Crippen LogP contribution in [0.1, 0.15) is 12.6 Å². The Labute approximate surface area is 140 Å². The summed E-state index contributed by atoms with van der Waals surface area (Å²) >= 11 is 0. The second-order valence-corrected chi connectivity index (χ2v) is 5.38. The van der Waals surface area contributed by atoms with E-state index in [1.807, 2.05) is 0 Å². The van der Waals surface area contributed by atoms with E-state index in [4.69, 9.17) is 14.6 Å². The Morgan fingerprint density at radius 3 is 2.68 bits per heavy atom. The normalized spacial score (nSPS) is 14.3. The quantitative estimate of drug-likeness (QED) is 0.759. The maximum atomic E-state index is 13.1. The zero-order valence-corrected chi connectivity index (χ0v) is 13.1. The largest absolute Gasteiger partial charge is 0.454 e. The Morgan fingerprint density at radius 1 is 1.20 bits per heavy atom. The molecular formula is C15H15F3N4O3. The van der Waals surface area contributed by atoms with Crippen LogP contribution in [0, 0.1) is 0 Å². The minimum Gasteiger partial charge on any atom is -0.454 e. The van der Waals surface area contributed by atoms with Gasteiger partial charge in [0.05, 0.1) is 6.61 Å². The molecule has 0 amide bonds. The number of ether oxygens (including phenoxy) is 2. The molecule has 25 heavy (non-hydrogen) atoms. The van der Waals surface area contributed by atoms with Crippen LogP contribution in [0.25, 0.3) is 0 Å². The lowest BCUT2D eigenvalue weighted by atomic mass is 10.2. The van der Waals surface area contributed by atoms with Gasteiger partial charge in [-0.3, -0.25) is 0 Å². The van der Waals surface area contributed by atoms with Gasteiger partial charge in [-0.15, -0.1) is 0 Å². The van der Waals surface area contributed by atoms with E-state index in [0.717, 1.165) is 6.07 Å². The SMILES string of the molecule is C[C@H](CO)Nc1nc(Nc2ccc3c(c2)OCO3)cc(C(F)(F)F)n1. The van der Waals surface area contributed by atoms with Gasteiger partial charge in [-0.2, -0.15) is 18.2 Å². The molecule has 2 aromatic rings. The number of aliphatic hydroxyl groups excluding tert-OH is 1. The van der Waals surface area contributed by atoms with Crippen LogP contribution in [0.3, 0.4) is 0 Å². The van der Waals surface area contributed by atoms with Crippen molar-refractivity contribution in [3.05, 3.63) is 30.0 Å². The molecule has 0 saturated carbocycles. The summed E-state index contributed by atoms with van der Waals surface area (Å²) in [5.74, 6) is 0.763. The van der Waals surface area contributed by atoms with Gasteiger partial charge in [0, 0.05) is 23.9 Å². The van der Waals surface area contributed by atoms with Crippen molar-refractivity contribution in [2.45, 2.75) is 19.1 Å². The Morgan fingerprint density at radius 2 is 1.96 bits per heavy atom. The van der Waals surface area contributed by atoms with Gasteiger partial charge in [-0.1, -0.05) is 0 Å². The molecule has 7 nitrogen and oxygen atoms in total. The number of aromatic nitrogens is 2. The predicted octanol–water partition coefficient (Wildman–Crippen LogP) is 2.76. The number of aliphatic hydroxyl groups is 1. The molecule has 10 heteroatoms. The molecule has 1 aromatic carbocycles. The monoisotopic (exact) mass is 356 g/mol. The maximum Gasteiger partial charge on any atom is 0.433 e. The maximum absolute atomic E-state index is 13.1. The fourth-order valence-corrected chi connectivity index (χ4v) is 2.11. The van der Waals surface area contributed by atoms with E-state index >= 15 is 0 Å². The molecular weight excluding hydrogens is 341 g/mol. The van der Waals surface area contributed by atoms with Crippen molar-refractivity contribution >= 4 is 17.5 Å². The van der Waals surface area contributed by atoms with Crippen LogP contribution in [-0.2, 0) is 6.18 Å². The van der Waals surface area contributed by atoms with E-state index in [-0.39, 0.29) is 25.2 Å². The molecule has 1 aromatic heterocycles. The molecule has 0 spiro atoms. The summed E-state index contributed by atoms with van der Waals surface area (Å²) in [7, 11) is 0. The lowest BCUT2D eigenvalue weighted by molar-refractivity contribution is -0.141. The molecule has 0 aliphatic carbocycles. The molecule has 3 N–H and O–H groups in total. The highest BCUT2D eigenvalue weighted by Crippen LogP contribution is 2.35. The first kappa shape index (κ1) is 17.1. The lowest BCUT2D eigenvalue weighted by Gasteiger charge is -2.15. The molecule has 2 heterocycles. The van der Waals surface area contributed by atoms with Crippen molar-refractivity contribution in [1.82, 2.24) is 9.97 Å². The summed E-state index contributed by atoms with van der Waals surface area (Å²) in [6, 6.07) is 5.18. The molecule has 0 unspecified atom stereocenters. The van der Waals surface area contributed by atoms with Gasteiger partial charge in [-0.25, -0.2) is 4.98 Å². The molecule has 0 radical (unpaired) electrons. The molecule has 0 saturated heterocycles. The molecule has 134 valence electrons. The Kier molecular flexibility index (Phi) is 4.53. The summed E-state index contributed by atoms with van der Waals surface area (Å²) in [5, 5.41) is 14.4. The highest BCUT2D eigenvalue weighted by Gasteiger charge is 2.34. The highest BCUT2D eigenvalue weighted by atomic mass is 19.4. The molecule has 3 rings (SSSR count). The van der Waals surface area contributed by atoms with E-state index in [1.54, 1.807) is 25.1 Å². The van der Waals surface area contributed by atoms with Crippen molar-refractivity contribution in [3.8, 4) is 11.5 Å². The number of fused-ring (bicyclic) bond motifs is 1. The van der Waals surface area contributed by atoms with Gasteiger partial charge in [0.1, 0.15) is 5.82 Å². The van der Waals surface area contributed by atoms with Crippen LogP contribution in [0.5, 0.6) is 11.5 Å². The average Bonchev–Trinajstić information content (AvgIpc) is 3.01. The number of anilines is 3. The van der Waals surface area contributed by atoms with Gasteiger partial charge in [0.15, 0.2) is 17.2 Å². The third-order valence-corrected chi connectivity index (χ3v) is 3.31. The predicted molar refractivity (Wildman–Crippen MR) is 83.1 cm³/mol. The lowest BCUT2D eigenvalue weighted by Crippen LogP contribution is -2.22. The number of hydrogen-bond acceptors (Lipinski definition) is 7. The van der Waals surface area contributed by atoms with Gasteiger partial charge in [-0.05, 0) is 19.1 Å². The van der Waals surface area contributed by atoms with Crippen molar-refractivity contribution in [1.29, 1.82) is 0 Å². The number of hydrogen-bond donors (Lipinski definition) is 3. The summed E-state index contributed by atoms with van der Waals surface area (Å²) in [6.45, 7) is 1.41. The number of rotatable bonds is 5. The summed E-state index contributed by atoms with van der Waals surface area (Å²) in [4.78, 5) is 7.46. The Balaban J connectivity index is 1.90. The van der Waals surface area contributed by atoms with E-state index in [9.17, 15) is 13.2 Å². The summed E-state index contributed by atoms with van der Waals surface area (Å²) < 4.78 is 49.6. The van der Waals surface area contributed by atoms with E-state index in [2.05, 4.69) is 20.6 Å². The summed E-state index contributed by atoms with van der Waals surface area (Å²) in [6.07, 6.45) is -4.63. The standard InChI is InChI=1S/C15H15F3N4O3/c1-8(6-23)19-14-21-12(15(16,17)18)5-13(22-14)20-9-2-3-10-11(4-9)25-7-24-10/h2-5,8,23H,6-7H2,1H3,(H2,19,20,21,22)/t8-/m1/s1. The minimum absolute atomic E-state index is 0.0474. The molecule has 1 aliphatic heterocycles. The van der Waals surface area contributed by atoms with Gasteiger partial charge in [0.2, 0.25) is 12.7 Å². The Hall–Kier alpha value is -2.75. The van der Waals surface area contributed by atoms with Crippen LogP contribution in [0.4, 0.5) is 30.6 Å². The first-order chi connectivity index (χ1) is 11.8. The van der Waals surface area contributed by atoms with Crippen LogP contribution < -0.4 is 20.1 Å². The summed E-state index contributed by atoms with van der Waals surface area (Å²) in [5.41, 5.74) is -0.615. The molecule has 1 atom stereocenters. The zero-order valence-electron chi connectivity index (χ0n) is 13.1. The van der Waals surface area contributed by atoms with E-state index in [1.165, 1.54) is 0 Å². The van der Waals surface area contributed by atoms with Gasteiger partial charge >= 0.3 is 6.18 Å². The van der Waals surface area contributed by atoms with E-state index in [0.29, 0.717) is 17.2 Å². The second-order valence-electron chi connectivity index (χ2n) is 5.38. The van der Waals surface area contributed by atoms with Crippen molar-refractivity contribution in [2.75, 3.05) is 24.0 Å². The van der Waals surface area contributed by atoms with Crippen molar-refractivity contribution in [2.24, 2.45) is 0 Å². The molecule has 0 bridgehead atoms. The third kappa shape index (κ3) is 4.02. The first-order valence-electron chi connectivity index (χ1n) is 7.35. The first-order valence-corrected chi connectivity index (χ1v) is 7.35. The average molecular weight is 356 g/mol. The minimum atomic E-state index is -4.63. The van der Waals surface area contributed by atoms with Crippen LogP contribution in [-0.4, -0.2) is 34.5 Å². The fraction of sp³-hybridized carbons (Fsp3) is 0.333. The van der Waals surface area contributed by atoms with Crippen LogP contribution in [0.2, 0.25) is 0 Å². The third-order valence-electron chi connectivity index (χ3n) is 3.31. The number of nitrogens with one attached hydrogen (secondary N) is 2. The van der Waals surface area contributed by atoms with Gasteiger partial charge < -0.3 is 25.2 Å². The van der Waals surface area contributed by atoms with Crippen molar-refractivity contribution < 1.29 is 27.8 Å². The number of halogens is 3. The topological polar surface area (TPSA) is 88.5 Å². The van der Waals surface area contributed by atoms with Crippen LogP contribution in [0.15, 0.2) is 24.3 Å². The van der Waals surface area contributed by atoms with Crippen molar-refractivity contribution in [3.63, 3.8) is 0 Å². The number of alkyl halides is 3. The smallest absolute Gasteiger partial charge is 0.433 e. The molecule has 0 fully saturated rings. The number of nitrogens with zero attached hydrogens (tertiary/aromatic N) is 2. The van der Waals surface area contributed by atoms with Crippen LogP contribution >= 0.6 is 0 Å². The number of benzene rings is 1. The highest BCUT2D eigenvalue weighted by molar-refractivity contribution is 5.62. The molecule has 1 aliphatic rings. The van der Waals surface area contributed by atoms with E-state index < -0.39 is 17.9 Å². The van der Waals surface area contributed by atoms with Gasteiger partial charge in [0.25, 0.3) is 0 Å². The Bertz CT molecular complexity index is 770. The fourth-order valence-electron chi connectivity index (χ4n) is 2.11.